The summed E-state index contributed by atoms with van der Waals surface area (Å²) in [6, 6.07) is 32.4. The Morgan fingerprint density at radius 2 is 1.36 bits per heavy atom. The van der Waals surface area contributed by atoms with Gasteiger partial charge in [0.2, 0.25) is 0 Å². The SMILES string of the molecule is COc1ccc(COC[C@H]2O[C@@H](O[C@H]3CC[C@@]4(C)C(=CC[C@H]5[C@@H]6C[C@@H]7O[C@@H]8OC[C@@]6(CC[C@@H]54)[C@H]7[C@H](C)[C@H]8C=C(C)C)C3)[C@H](OC(=O)c3ccccc3)[C@@H](OCc3ccc(OC)cc3)[C@@H]2OCc2ccc(OC)cc2)cc1. The van der Waals surface area contributed by atoms with E-state index in [0.29, 0.717) is 47.7 Å². The number of rotatable bonds is 18. The normalized spacial score (nSPS) is 35.1. The number of methoxy groups -OCH3 is 3. The zero-order chi connectivity index (χ0) is 52.6. The van der Waals surface area contributed by atoms with Crippen LogP contribution in [0, 0.1) is 46.3 Å². The molecule has 76 heavy (non-hydrogen) atoms. The van der Waals surface area contributed by atoms with Gasteiger partial charge in [-0.2, -0.15) is 0 Å². The van der Waals surface area contributed by atoms with Gasteiger partial charge < -0.3 is 52.1 Å². The van der Waals surface area contributed by atoms with Gasteiger partial charge in [0.05, 0.1) is 72.1 Å². The third kappa shape index (κ3) is 10.5. The fourth-order valence-electron chi connectivity index (χ4n) is 15.0. The van der Waals surface area contributed by atoms with Crippen molar-refractivity contribution in [1.82, 2.24) is 0 Å². The van der Waals surface area contributed by atoms with Crippen LogP contribution in [0.3, 0.4) is 0 Å². The number of carbonyl (C=O) groups is 1. The molecule has 3 saturated carbocycles. The summed E-state index contributed by atoms with van der Waals surface area (Å²) in [7, 11) is 4.95. The van der Waals surface area contributed by atoms with Crippen molar-refractivity contribution < 1.29 is 56.9 Å². The molecule has 0 amide bonds. The van der Waals surface area contributed by atoms with E-state index in [1.807, 2.05) is 91.0 Å². The van der Waals surface area contributed by atoms with Gasteiger partial charge in [-0.1, -0.05) is 91.7 Å². The maximum Gasteiger partial charge on any atom is 0.338 e. The standard InChI is InChI=1S/C64H78O12/c1-39(2)31-51-40(3)56-54-33-53-50-26-19-45-32-49(27-29-63(45,4)52(50)28-30-64(53,56)38-72-61(51)74-54)73-62-59(76-60(65)44-11-9-8-10-12-44)58(71-36-43-17-24-48(68-7)25-18-43)57(70-35-42-15-22-47(67-6)23-16-42)55(75-62)37-69-34-41-13-20-46(66-5)21-14-41/h8-25,31,40,49-59,61-62H,26-30,32-38H2,1-7H3/t40-,49+,50-,51-,52+,53+,54+,55-,56+,57-,58+,59-,61+,62-,63+,64-/m1/s1. The maximum atomic E-state index is 14.4. The molecule has 0 radical (unpaired) electrons. The summed E-state index contributed by atoms with van der Waals surface area (Å²) >= 11 is 0. The Kier molecular flexibility index (Phi) is 15.8. The van der Waals surface area contributed by atoms with Crippen LogP contribution >= 0.6 is 0 Å². The zero-order valence-corrected chi connectivity index (χ0v) is 45.4. The molecule has 12 rings (SSSR count). The largest absolute Gasteiger partial charge is 0.497 e. The average molecular weight is 1040 g/mol. The summed E-state index contributed by atoms with van der Waals surface area (Å²) in [6.45, 7) is 11.1. The Hall–Kier alpha value is -5.05. The van der Waals surface area contributed by atoms with Crippen molar-refractivity contribution in [3.63, 3.8) is 0 Å². The summed E-state index contributed by atoms with van der Waals surface area (Å²) in [4.78, 5) is 14.4. The van der Waals surface area contributed by atoms with Gasteiger partial charge in [0.25, 0.3) is 0 Å². The molecular weight excluding hydrogens is 961 g/mol. The average Bonchev–Trinajstić information content (AvgIpc) is 3.83. The van der Waals surface area contributed by atoms with E-state index in [1.54, 1.807) is 33.5 Å². The number of carbonyl (C=O) groups excluding carboxylic acids is 1. The molecule has 0 unspecified atom stereocenters. The molecular formula is C64H78O12. The molecule has 4 aliphatic heterocycles. The van der Waals surface area contributed by atoms with Crippen LogP contribution in [0.1, 0.15) is 99.7 Å². The lowest BCUT2D eigenvalue weighted by Gasteiger charge is -2.59. The lowest BCUT2D eigenvalue weighted by atomic mass is 9.46. The fourth-order valence-corrected chi connectivity index (χ4v) is 15.0. The number of allylic oxidation sites excluding steroid dienone is 2. The van der Waals surface area contributed by atoms with Crippen LogP contribution in [0.4, 0.5) is 0 Å². The van der Waals surface area contributed by atoms with Crippen molar-refractivity contribution in [3.8, 4) is 17.2 Å². The van der Waals surface area contributed by atoms with Gasteiger partial charge in [-0.15, -0.1) is 0 Å². The van der Waals surface area contributed by atoms with Crippen LogP contribution < -0.4 is 14.2 Å². The van der Waals surface area contributed by atoms with Gasteiger partial charge in [0.15, 0.2) is 18.7 Å². The minimum Gasteiger partial charge on any atom is -0.497 e. The van der Waals surface area contributed by atoms with E-state index >= 15 is 0 Å². The first-order valence-electron chi connectivity index (χ1n) is 27.8. The number of hydrogen-bond acceptors (Lipinski definition) is 12. The number of hydrogen-bond donors (Lipinski definition) is 0. The van der Waals surface area contributed by atoms with Crippen LogP contribution in [-0.2, 0) is 57.7 Å². The predicted molar refractivity (Wildman–Crippen MR) is 287 cm³/mol. The second kappa shape index (κ2) is 22.7. The van der Waals surface area contributed by atoms with Crippen molar-refractivity contribution in [2.45, 2.75) is 142 Å². The van der Waals surface area contributed by atoms with Crippen molar-refractivity contribution in [2.75, 3.05) is 34.5 Å². The first-order valence-corrected chi connectivity index (χ1v) is 27.8. The number of fused-ring (bicyclic) bond motifs is 6. The second-order valence-electron chi connectivity index (χ2n) is 23.2. The van der Waals surface area contributed by atoms with Crippen LogP contribution in [0.15, 0.2) is 126 Å². The van der Waals surface area contributed by atoms with Gasteiger partial charge in [-0.3, -0.25) is 0 Å². The van der Waals surface area contributed by atoms with Crippen molar-refractivity contribution >= 4 is 5.97 Å². The van der Waals surface area contributed by atoms with E-state index < -0.39 is 36.7 Å². The molecule has 4 aromatic rings. The van der Waals surface area contributed by atoms with E-state index in [1.165, 1.54) is 24.0 Å². The van der Waals surface area contributed by atoms with E-state index in [9.17, 15) is 4.79 Å². The van der Waals surface area contributed by atoms with Gasteiger partial charge in [0.1, 0.15) is 35.6 Å². The van der Waals surface area contributed by atoms with Crippen molar-refractivity contribution in [3.05, 3.63) is 149 Å². The topological polar surface area (TPSA) is 119 Å². The van der Waals surface area contributed by atoms with Crippen molar-refractivity contribution in [1.29, 1.82) is 0 Å². The number of ether oxygens (including phenoxy) is 11. The minimum atomic E-state index is -1.03. The van der Waals surface area contributed by atoms with E-state index in [2.05, 4.69) is 39.8 Å². The monoisotopic (exact) mass is 1040 g/mol. The summed E-state index contributed by atoms with van der Waals surface area (Å²) < 4.78 is 71.6. The Morgan fingerprint density at radius 3 is 1.99 bits per heavy atom. The minimum absolute atomic E-state index is 0.0438. The van der Waals surface area contributed by atoms with Crippen LogP contribution in [0.2, 0.25) is 0 Å². The second-order valence-corrected chi connectivity index (χ2v) is 23.2. The maximum absolute atomic E-state index is 14.4. The highest BCUT2D eigenvalue weighted by Gasteiger charge is 2.68. The first kappa shape index (κ1) is 53.0. The highest BCUT2D eigenvalue weighted by molar-refractivity contribution is 5.89. The molecule has 12 nitrogen and oxygen atoms in total. The highest BCUT2D eigenvalue weighted by Crippen LogP contribution is 2.70. The molecule has 406 valence electrons. The lowest BCUT2D eigenvalue weighted by molar-refractivity contribution is -0.327. The quantitative estimate of drug-likeness (QED) is 0.0697. The molecule has 0 aromatic heterocycles. The van der Waals surface area contributed by atoms with E-state index in [0.717, 1.165) is 72.6 Å². The molecule has 4 bridgehead atoms. The lowest BCUT2D eigenvalue weighted by Crippen LogP contribution is -2.62. The summed E-state index contributed by atoms with van der Waals surface area (Å²) in [5.41, 5.74) is 6.24. The fraction of sp³-hybridized carbons (Fsp3) is 0.547. The molecule has 4 aliphatic carbocycles. The molecule has 8 aliphatic rings. The Balaban J connectivity index is 0.885. The highest BCUT2D eigenvalue weighted by atomic mass is 16.7. The van der Waals surface area contributed by atoms with Gasteiger partial charge in [-0.05, 0) is 159 Å². The summed E-state index contributed by atoms with van der Waals surface area (Å²) in [5.74, 6) is 4.83. The third-order valence-corrected chi connectivity index (χ3v) is 18.8. The Labute approximate surface area is 449 Å². The molecule has 4 aromatic carbocycles. The first-order chi connectivity index (χ1) is 37.0. The molecule has 7 fully saturated rings. The molecule has 1 spiro atoms. The predicted octanol–water partition coefficient (Wildman–Crippen LogP) is 11.9. The molecule has 4 heterocycles. The van der Waals surface area contributed by atoms with Gasteiger partial charge in [-0.25, -0.2) is 4.79 Å². The molecule has 4 saturated heterocycles. The van der Waals surface area contributed by atoms with Crippen LogP contribution in [0.5, 0.6) is 17.2 Å². The van der Waals surface area contributed by atoms with E-state index in [4.69, 9.17) is 52.1 Å². The van der Waals surface area contributed by atoms with Crippen LogP contribution in [-0.4, -0.2) is 89.7 Å². The number of benzene rings is 4. The van der Waals surface area contributed by atoms with E-state index in [-0.39, 0.29) is 49.1 Å². The molecule has 12 heteroatoms. The number of esters is 1. The van der Waals surface area contributed by atoms with Crippen LogP contribution in [0.25, 0.3) is 0 Å². The van der Waals surface area contributed by atoms with Crippen molar-refractivity contribution in [2.24, 2.45) is 46.3 Å². The molecule has 16 atom stereocenters. The Morgan fingerprint density at radius 1 is 0.724 bits per heavy atom. The third-order valence-electron chi connectivity index (χ3n) is 18.8. The van der Waals surface area contributed by atoms with Gasteiger partial charge >= 0.3 is 5.97 Å². The summed E-state index contributed by atoms with van der Waals surface area (Å²) in [5, 5.41) is 0. The zero-order valence-electron chi connectivity index (χ0n) is 45.4. The van der Waals surface area contributed by atoms with Gasteiger partial charge in [0, 0.05) is 11.3 Å². The Bertz CT molecular complexity index is 2650. The smallest absolute Gasteiger partial charge is 0.338 e. The summed E-state index contributed by atoms with van der Waals surface area (Å²) in [6.07, 6.45) is 7.75. The molecule has 0 N–H and O–H groups in total.